The van der Waals surface area contributed by atoms with Crippen molar-refractivity contribution < 1.29 is 8.42 Å². The number of rotatable bonds is 6. The number of sulfone groups is 1. The molecule has 0 aliphatic heterocycles. The quantitative estimate of drug-likeness (QED) is 0.858. The Morgan fingerprint density at radius 1 is 1.29 bits per heavy atom. The molecule has 0 saturated carbocycles. The van der Waals surface area contributed by atoms with E-state index in [0.29, 0.717) is 5.52 Å². The van der Waals surface area contributed by atoms with Gasteiger partial charge < -0.3 is 10.7 Å². The SMILES string of the molecule is CC(N)CCCC(C)c1nc2c(S(C)(=O)=O)cccc2[nH]1. The van der Waals surface area contributed by atoms with Crippen molar-refractivity contribution in [2.75, 3.05) is 6.26 Å². The predicted octanol–water partition coefficient (Wildman–Crippen LogP) is 2.59. The number of imidazole rings is 1. The van der Waals surface area contributed by atoms with Crippen molar-refractivity contribution in [1.82, 2.24) is 9.97 Å². The van der Waals surface area contributed by atoms with Crippen LogP contribution in [0.2, 0.25) is 0 Å². The highest BCUT2D eigenvalue weighted by Gasteiger charge is 2.17. The number of nitrogens with one attached hydrogen (secondary N) is 1. The highest BCUT2D eigenvalue weighted by Crippen LogP contribution is 2.26. The number of benzene rings is 1. The average molecular weight is 309 g/mol. The van der Waals surface area contributed by atoms with E-state index in [-0.39, 0.29) is 16.9 Å². The molecule has 3 N–H and O–H groups in total. The van der Waals surface area contributed by atoms with Crippen molar-refractivity contribution in [2.45, 2.75) is 50.0 Å². The maximum absolute atomic E-state index is 11.8. The number of hydrogen-bond acceptors (Lipinski definition) is 4. The Hall–Kier alpha value is -1.40. The number of nitrogens with zero attached hydrogens (tertiary/aromatic N) is 1. The van der Waals surface area contributed by atoms with Gasteiger partial charge in [0.15, 0.2) is 9.84 Å². The minimum atomic E-state index is -3.27. The maximum atomic E-state index is 11.8. The Balaban J connectivity index is 2.27. The van der Waals surface area contributed by atoms with E-state index < -0.39 is 9.84 Å². The second kappa shape index (κ2) is 6.15. The molecule has 2 rings (SSSR count). The van der Waals surface area contributed by atoms with Crippen LogP contribution >= 0.6 is 0 Å². The number of H-pyrrole nitrogens is 1. The molecule has 0 amide bonds. The summed E-state index contributed by atoms with van der Waals surface area (Å²) in [5.41, 5.74) is 7.06. The maximum Gasteiger partial charge on any atom is 0.177 e. The number of nitrogens with two attached hydrogens (primary N) is 1. The predicted molar refractivity (Wildman–Crippen MR) is 85.1 cm³/mol. The standard InChI is InChI=1S/C15H23N3O2S/c1-10(6-4-7-11(2)16)15-17-12-8-5-9-13(14(12)18-15)21(3,19)20/h5,8-11H,4,6-7,16H2,1-3H3,(H,17,18). The van der Waals surface area contributed by atoms with Crippen molar-refractivity contribution >= 4 is 20.9 Å². The number of hydrogen-bond donors (Lipinski definition) is 2. The molecule has 0 bridgehead atoms. The summed E-state index contributed by atoms with van der Waals surface area (Å²) in [5.74, 6) is 1.09. The summed E-state index contributed by atoms with van der Waals surface area (Å²) in [6, 6.07) is 5.41. The average Bonchev–Trinajstić information content (AvgIpc) is 2.80. The van der Waals surface area contributed by atoms with Crippen LogP contribution in [-0.4, -0.2) is 30.7 Å². The summed E-state index contributed by atoms with van der Waals surface area (Å²) in [6.45, 7) is 4.10. The number of fused-ring (bicyclic) bond motifs is 1. The minimum Gasteiger partial charge on any atom is -0.342 e. The van der Waals surface area contributed by atoms with Gasteiger partial charge in [-0.05, 0) is 31.9 Å². The van der Waals surface area contributed by atoms with E-state index in [9.17, 15) is 8.42 Å². The molecule has 2 aromatic rings. The number of para-hydroxylation sites is 1. The lowest BCUT2D eigenvalue weighted by atomic mass is 10.0. The van der Waals surface area contributed by atoms with Gasteiger partial charge in [-0.2, -0.15) is 0 Å². The van der Waals surface area contributed by atoms with Crippen LogP contribution in [0.1, 0.15) is 44.9 Å². The van der Waals surface area contributed by atoms with Gasteiger partial charge in [0.25, 0.3) is 0 Å². The van der Waals surface area contributed by atoms with Gasteiger partial charge in [-0.3, -0.25) is 0 Å². The third kappa shape index (κ3) is 3.83. The van der Waals surface area contributed by atoms with Gasteiger partial charge in [-0.25, -0.2) is 13.4 Å². The minimum absolute atomic E-state index is 0.213. The molecular formula is C15H23N3O2S. The van der Waals surface area contributed by atoms with Gasteiger partial charge in [-0.1, -0.05) is 19.4 Å². The molecule has 0 saturated heterocycles. The normalized spacial score (nSPS) is 15.2. The third-order valence-corrected chi connectivity index (χ3v) is 4.79. The van der Waals surface area contributed by atoms with Crippen LogP contribution in [0.15, 0.2) is 23.1 Å². The van der Waals surface area contributed by atoms with Crippen molar-refractivity contribution in [3.8, 4) is 0 Å². The van der Waals surface area contributed by atoms with E-state index in [1.54, 1.807) is 12.1 Å². The molecule has 6 heteroatoms. The second-order valence-electron chi connectivity index (χ2n) is 5.86. The van der Waals surface area contributed by atoms with Gasteiger partial charge in [-0.15, -0.1) is 0 Å². The first-order chi connectivity index (χ1) is 9.79. The van der Waals surface area contributed by atoms with Crippen molar-refractivity contribution in [3.05, 3.63) is 24.0 Å². The number of aromatic amines is 1. The summed E-state index contributed by atoms with van der Waals surface area (Å²) in [7, 11) is -3.27. The van der Waals surface area contributed by atoms with Crippen LogP contribution in [0.3, 0.4) is 0 Å². The van der Waals surface area contributed by atoms with Crippen molar-refractivity contribution in [1.29, 1.82) is 0 Å². The summed E-state index contributed by atoms with van der Waals surface area (Å²) in [4.78, 5) is 8.03. The second-order valence-corrected chi connectivity index (χ2v) is 7.84. The van der Waals surface area contributed by atoms with E-state index in [0.717, 1.165) is 30.6 Å². The Kier molecular flexibility index (Phi) is 4.68. The molecule has 0 fully saturated rings. The summed E-state index contributed by atoms with van der Waals surface area (Å²) in [5, 5.41) is 0. The first kappa shape index (κ1) is 16.0. The fourth-order valence-electron chi connectivity index (χ4n) is 2.44. The molecular weight excluding hydrogens is 286 g/mol. The molecule has 1 heterocycles. The zero-order chi connectivity index (χ0) is 15.6. The van der Waals surface area contributed by atoms with Crippen LogP contribution in [0.4, 0.5) is 0 Å². The monoisotopic (exact) mass is 309 g/mol. The molecule has 1 aromatic heterocycles. The largest absolute Gasteiger partial charge is 0.342 e. The summed E-state index contributed by atoms with van der Waals surface area (Å²) in [6.07, 6.45) is 4.21. The fraction of sp³-hybridized carbons (Fsp3) is 0.533. The molecule has 116 valence electrons. The topological polar surface area (TPSA) is 88.8 Å². The van der Waals surface area contributed by atoms with Crippen LogP contribution < -0.4 is 5.73 Å². The van der Waals surface area contributed by atoms with Gasteiger partial charge >= 0.3 is 0 Å². The zero-order valence-corrected chi connectivity index (χ0v) is 13.6. The molecule has 2 unspecified atom stereocenters. The Morgan fingerprint density at radius 2 is 2.00 bits per heavy atom. The summed E-state index contributed by atoms with van der Waals surface area (Å²) < 4.78 is 23.6. The van der Waals surface area contributed by atoms with E-state index in [1.807, 2.05) is 13.0 Å². The molecule has 0 aliphatic carbocycles. The lowest BCUT2D eigenvalue weighted by molar-refractivity contribution is 0.546. The van der Waals surface area contributed by atoms with Gasteiger partial charge in [0.05, 0.1) is 10.4 Å². The number of aromatic nitrogens is 2. The molecule has 0 aliphatic rings. The fourth-order valence-corrected chi connectivity index (χ4v) is 3.27. The van der Waals surface area contributed by atoms with Gasteiger partial charge in [0.2, 0.25) is 0 Å². The Morgan fingerprint density at radius 3 is 2.62 bits per heavy atom. The van der Waals surface area contributed by atoms with Crippen LogP contribution in [0, 0.1) is 0 Å². The lowest BCUT2D eigenvalue weighted by Crippen LogP contribution is -2.14. The van der Waals surface area contributed by atoms with Crippen molar-refractivity contribution in [3.63, 3.8) is 0 Å². The first-order valence-electron chi connectivity index (χ1n) is 7.23. The van der Waals surface area contributed by atoms with Crippen LogP contribution in [-0.2, 0) is 9.84 Å². The zero-order valence-electron chi connectivity index (χ0n) is 12.8. The Bertz CT molecular complexity index is 720. The van der Waals surface area contributed by atoms with Crippen LogP contribution in [0.25, 0.3) is 11.0 Å². The highest BCUT2D eigenvalue weighted by atomic mass is 32.2. The molecule has 1 aromatic carbocycles. The molecule has 0 spiro atoms. The Labute approximate surface area is 125 Å². The van der Waals surface area contributed by atoms with E-state index in [1.165, 1.54) is 6.26 Å². The van der Waals surface area contributed by atoms with Crippen molar-refractivity contribution in [2.24, 2.45) is 5.73 Å². The van der Waals surface area contributed by atoms with E-state index in [4.69, 9.17) is 5.73 Å². The third-order valence-electron chi connectivity index (χ3n) is 3.66. The molecule has 0 radical (unpaired) electrons. The first-order valence-corrected chi connectivity index (χ1v) is 9.12. The smallest absolute Gasteiger partial charge is 0.177 e. The lowest BCUT2D eigenvalue weighted by Gasteiger charge is -2.09. The molecule has 2 atom stereocenters. The van der Waals surface area contributed by atoms with Gasteiger partial charge in [0.1, 0.15) is 11.3 Å². The van der Waals surface area contributed by atoms with E-state index in [2.05, 4.69) is 16.9 Å². The highest BCUT2D eigenvalue weighted by molar-refractivity contribution is 7.91. The van der Waals surface area contributed by atoms with Crippen LogP contribution in [0.5, 0.6) is 0 Å². The summed E-state index contributed by atoms with van der Waals surface area (Å²) >= 11 is 0. The van der Waals surface area contributed by atoms with Gasteiger partial charge in [0, 0.05) is 18.2 Å². The molecule has 5 nitrogen and oxygen atoms in total. The molecule has 21 heavy (non-hydrogen) atoms. The van der Waals surface area contributed by atoms with E-state index >= 15 is 0 Å².